The number of aromatic amines is 1. The first kappa shape index (κ1) is 21.9. The average Bonchev–Trinajstić information content (AvgIpc) is 3.56. The summed E-state index contributed by atoms with van der Waals surface area (Å²) in [5, 5.41) is 13.0. The van der Waals surface area contributed by atoms with Gasteiger partial charge >= 0.3 is 12.1 Å². The number of aliphatic hydroxyl groups excluding tert-OH is 1. The van der Waals surface area contributed by atoms with E-state index < -0.39 is 6.09 Å². The van der Waals surface area contributed by atoms with Crippen LogP contribution in [0.1, 0.15) is 25.0 Å². The lowest BCUT2D eigenvalue weighted by molar-refractivity contribution is 0.0464. The normalized spacial score (nSPS) is 21.2. The molecule has 1 aliphatic heterocycles. The number of H-pyrrole nitrogens is 1. The number of methoxy groups -OCH3 is 1. The van der Waals surface area contributed by atoms with Crippen molar-refractivity contribution in [3.8, 4) is 0 Å². The summed E-state index contributed by atoms with van der Waals surface area (Å²) >= 11 is 3.34. The minimum Gasteiger partial charge on any atom is -0.453 e. The van der Waals surface area contributed by atoms with Crippen LogP contribution in [0.5, 0.6) is 0 Å². The number of urea groups is 1. The fraction of sp³-hybridized carbons (Fsp3) is 0.524. The first-order chi connectivity index (χ1) is 14.9. The quantitative estimate of drug-likeness (QED) is 0.591. The van der Waals surface area contributed by atoms with Crippen LogP contribution in [0.2, 0.25) is 0 Å². The second-order valence-electron chi connectivity index (χ2n) is 8.22. The minimum atomic E-state index is -0.467. The summed E-state index contributed by atoms with van der Waals surface area (Å²) in [6.45, 7) is 0.703. The van der Waals surface area contributed by atoms with Crippen molar-refractivity contribution >= 4 is 39.0 Å². The van der Waals surface area contributed by atoms with Crippen molar-refractivity contribution in [2.45, 2.75) is 37.9 Å². The molecule has 0 radical (unpaired) electrons. The van der Waals surface area contributed by atoms with E-state index >= 15 is 0 Å². The number of piperidine rings is 1. The number of amides is 3. The third-order valence-electron chi connectivity index (χ3n) is 5.96. The maximum Gasteiger partial charge on any atom is 0.409 e. The van der Waals surface area contributed by atoms with Crippen molar-refractivity contribution in [3.05, 3.63) is 34.2 Å². The molecule has 3 N–H and O–H groups in total. The fourth-order valence-electron chi connectivity index (χ4n) is 4.33. The first-order valence-electron chi connectivity index (χ1n) is 10.4. The van der Waals surface area contributed by atoms with Crippen LogP contribution in [-0.4, -0.2) is 70.9 Å². The van der Waals surface area contributed by atoms with E-state index in [1.54, 1.807) is 17.0 Å². The van der Waals surface area contributed by atoms with Gasteiger partial charge in [-0.1, -0.05) is 15.9 Å². The molecule has 2 aromatic rings. The number of carbonyl (C=O) groups is 2. The van der Waals surface area contributed by atoms with Crippen molar-refractivity contribution in [1.29, 1.82) is 0 Å². The van der Waals surface area contributed by atoms with Gasteiger partial charge in [0.25, 0.3) is 0 Å². The maximum atomic E-state index is 14.8. The Morgan fingerprint density at radius 2 is 2.13 bits per heavy atom. The lowest BCUT2D eigenvalue weighted by Gasteiger charge is -2.41. The molecule has 1 saturated carbocycles. The highest BCUT2D eigenvalue weighted by Crippen LogP contribution is 2.33. The largest absolute Gasteiger partial charge is 0.453 e. The lowest BCUT2D eigenvalue weighted by Crippen LogP contribution is -2.57. The van der Waals surface area contributed by atoms with Crippen molar-refractivity contribution in [2.24, 2.45) is 5.92 Å². The van der Waals surface area contributed by atoms with E-state index in [-0.39, 0.29) is 43.0 Å². The van der Waals surface area contributed by atoms with Gasteiger partial charge in [-0.2, -0.15) is 0 Å². The van der Waals surface area contributed by atoms with Crippen LogP contribution < -0.4 is 5.32 Å². The number of benzene rings is 1. The Morgan fingerprint density at radius 1 is 1.35 bits per heavy atom. The number of aliphatic hydroxyl groups is 1. The van der Waals surface area contributed by atoms with Gasteiger partial charge in [-0.3, -0.25) is 0 Å². The molecule has 0 spiro atoms. The molecule has 4 rings (SSSR count). The zero-order valence-corrected chi connectivity index (χ0v) is 18.8. The van der Waals surface area contributed by atoms with Gasteiger partial charge in [0.15, 0.2) is 5.82 Å². The highest BCUT2D eigenvalue weighted by molar-refractivity contribution is 9.10. The number of hydrogen-bond donors (Lipinski definition) is 3. The van der Waals surface area contributed by atoms with E-state index in [9.17, 15) is 19.1 Å². The summed E-state index contributed by atoms with van der Waals surface area (Å²) < 4.78 is 20.4. The van der Waals surface area contributed by atoms with Gasteiger partial charge in [-0.15, -0.1) is 0 Å². The molecule has 1 aliphatic carbocycles. The summed E-state index contributed by atoms with van der Waals surface area (Å²) in [5.41, 5.74) is 0.973. The van der Waals surface area contributed by atoms with Crippen LogP contribution in [0.3, 0.4) is 0 Å². The zero-order valence-electron chi connectivity index (χ0n) is 17.2. The number of hydrogen-bond acceptors (Lipinski definition) is 4. The molecule has 1 aromatic heterocycles. The van der Waals surface area contributed by atoms with Crippen LogP contribution in [0, 0.1) is 11.7 Å². The summed E-state index contributed by atoms with van der Waals surface area (Å²) in [6.07, 6.45) is 1.91. The Kier molecular flexibility index (Phi) is 6.38. The number of nitrogens with zero attached hydrogens (tertiary/aromatic N) is 2. The second kappa shape index (κ2) is 9.04. The number of likely N-dealkylation sites (tertiary alicyclic amines) is 1. The molecule has 3 amide bonds. The Balaban J connectivity index is 1.48. The molecule has 0 unspecified atom stereocenters. The van der Waals surface area contributed by atoms with E-state index in [2.05, 4.69) is 26.2 Å². The summed E-state index contributed by atoms with van der Waals surface area (Å²) in [7, 11) is 1.32. The van der Waals surface area contributed by atoms with Crippen LogP contribution >= 0.6 is 15.9 Å². The monoisotopic (exact) mass is 496 g/mol. The van der Waals surface area contributed by atoms with Crippen molar-refractivity contribution in [2.75, 3.05) is 26.8 Å². The second-order valence-corrected chi connectivity index (χ2v) is 9.13. The van der Waals surface area contributed by atoms with E-state index in [1.165, 1.54) is 12.0 Å². The molecule has 0 bridgehead atoms. The average molecular weight is 497 g/mol. The summed E-state index contributed by atoms with van der Waals surface area (Å²) in [5.74, 6) is -0.513. The zero-order chi connectivity index (χ0) is 22.1. The highest BCUT2D eigenvalue weighted by Gasteiger charge is 2.42. The minimum absolute atomic E-state index is 0.0249. The molecule has 10 heteroatoms. The summed E-state index contributed by atoms with van der Waals surface area (Å²) in [6, 6.07) is 4.86. The predicted octanol–water partition coefficient (Wildman–Crippen LogP) is 3.19. The van der Waals surface area contributed by atoms with Gasteiger partial charge in [0.05, 0.1) is 25.4 Å². The van der Waals surface area contributed by atoms with Crippen molar-refractivity contribution in [3.63, 3.8) is 0 Å². The van der Waals surface area contributed by atoms with Gasteiger partial charge < -0.3 is 29.9 Å². The molecule has 2 atom stereocenters. The Hall–Kier alpha value is -2.33. The van der Waals surface area contributed by atoms with Crippen molar-refractivity contribution < 1.29 is 23.8 Å². The van der Waals surface area contributed by atoms with E-state index in [4.69, 9.17) is 4.74 Å². The maximum absolute atomic E-state index is 14.8. The standard InChI is InChI=1S/C21H26BrFN4O4/c1-31-21(30)26-9-12(11-28)6-15(10-26)27(14-3-4-14)20(29)24-8-18-19(23)16-7-13(22)2-5-17(16)25-18/h2,5,7,12,14-15,25,28H,3-4,6,8-11H2,1H3,(H,24,29)/t12-,15+/m0/s1. The first-order valence-corrected chi connectivity index (χ1v) is 11.2. The van der Waals surface area contributed by atoms with Gasteiger partial charge in [0.1, 0.15) is 0 Å². The number of nitrogens with one attached hydrogen (secondary N) is 2. The molecule has 31 heavy (non-hydrogen) atoms. The fourth-order valence-corrected chi connectivity index (χ4v) is 4.69. The van der Waals surface area contributed by atoms with Gasteiger partial charge in [-0.05, 0) is 37.5 Å². The van der Waals surface area contributed by atoms with Crippen molar-refractivity contribution in [1.82, 2.24) is 20.1 Å². The molecule has 168 valence electrons. The third kappa shape index (κ3) is 4.64. The van der Waals surface area contributed by atoms with E-state index in [0.29, 0.717) is 36.1 Å². The Morgan fingerprint density at radius 3 is 2.81 bits per heavy atom. The molecule has 1 saturated heterocycles. The van der Waals surface area contributed by atoms with Crippen LogP contribution in [0.4, 0.5) is 14.0 Å². The topological polar surface area (TPSA) is 97.9 Å². The van der Waals surface area contributed by atoms with Gasteiger partial charge in [-0.25, -0.2) is 14.0 Å². The smallest absolute Gasteiger partial charge is 0.409 e. The van der Waals surface area contributed by atoms with Gasteiger partial charge in [0.2, 0.25) is 0 Å². The Bertz CT molecular complexity index is 980. The third-order valence-corrected chi connectivity index (χ3v) is 6.45. The Labute approximate surface area is 187 Å². The van der Waals surface area contributed by atoms with E-state index in [0.717, 1.165) is 17.3 Å². The predicted molar refractivity (Wildman–Crippen MR) is 116 cm³/mol. The number of ether oxygens (including phenoxy) is 1. The number of aromatic nitrogens is 1. The van der Waals surface area contributed by atoms with Crippen LogP contribution in [0.15, 0.2) is 22.7 Å². The molecule has 2 aliphatic rings. The summed E-state index contributed by atoms with van der Waals surface area (Å²) in [4.78, 5) is 31.5. The lowest BCUT2D eigenvalue weighted by atomic mass is 9.94. The number of rotatable bonds is 5. The molecule has 1 aromatic carbocycles. The van der Waals surface area contributed by atoms with Crippen LogP contribution in [0.25, 0.3) is 10.9 Å². The number of carbonyl (C=O) groups excluding carboxylic acids is 2. The molecular formula is C21H26BrFN4O4. The number of fused-ring (bicyclic) bond motifs is 1. The SMILES string of the molecule is COC(=O)N1C[C@@H](CO)C[C@@H](N(C(=O)NCc2[nH]c3ccc(Br)cc3c2F)C2CC2)C1. The number of halogens is 2. The van der Waals surface area contributed by atoms with E-state index in [1.807, 2.05) is 6.07 Å². The van der Waals surface area contributed by atoms with Gasteiger partial charge in [0, 0.05) is 47.0 Å². The van der Waals surface area contributed by atoms with Crippen LogP contribution in [-0.2, 0) is 11.3 Å². The molecule has 2 heterocycles. The molecular weight excluding hydrogens is 471 g/mol. The molecule has 8 nitrogen and oxygen atoms in total. The molecule has 2 fully saturated rings. The highest BCUT2D eigenvalue weighted by atomic mass is 79.9.